The van der Waals surface area contributed by atoms with Gasteiger partial charge in [0.2, 0.25) is 0 Å². The Balaban J connectivity index is 0.000000379. The van der Waals surface area contributed by atoms with E-state index in [0.29, 0.717) is 10.8 Å². The maximum absolute atomic E-state index is 10.2. The van der Waals surface area contributed by atoms with E-state index in [1.807, 2.05) is 5.32 Å². The molecule has 238 valence electrons. The molecule has 0 spiro atoms. The summed E-state index contributed by atoms with van der Waals surface area (Å²) in [4.78, 5) is 0. The van der Waals surface area contributed by atoms with Gasteiger partial charge in [-0.3, -0.25) is 16.1 Å². The highest BCUT2D eigenvalue weighted by Gasteiger charge is 2.59. The number of rotatable bonds is 6. The van der Waals surface area contributed by atoms with Gasteiger partial charge in [0, 0.05) is 6.54 Å². The Kier molecular flexibility index (Phi) is 12.7. The maximum Gasteiger partial charge on any atom is 0.192 e. The Labute approximate surface area is 249 Å². The molecule has 0 aromatic rings. The molecule has 0 bridgehead atoms. The fraction of sp³-hybridized carbons (Fsp3) is 0.871. The highest BCUT2D eigenvalue weighted by atomic mass is 16.3. The van der Waals surface area contributed by atoms with Crippen LogP contribution < -0.4 is 39.7 Å². The lowest BCUT2D eigenvalue weighted by molar-refractivity contribution is -0.0573. The van der Waals surface area contributed by atoms with Crippen LogP contribution in [-0.4, -0.2) is 35.5 Å². The van der Waals surface area contributed by atoms with E-state index in [4.69, 9.17) is 45.2 Å². The van der Waals surface area contributed by atoms with Crippen LogP contribution in [-0.2, 0) is 0 Å². The van der Waals surface area contributed by atoms with Crippen molar-refractivity contribution in [3.63, 3.8) is 0 Å². The maximum atomic E-state index is 10.2. The molecule has 8 atom stereocenters. The summed E-state index contributed by atoms with van der Waals surface area (Å²) < 4.78 is 0. The molecule has 10 heteroatoms. The lowest BCUT2D eigenvalue weighted by Crippen LogP contribution is -2.63. The molecular weight excluding hydrogens is 514 g/mol. The van der Waals surface area contributed by atoms with Crippen molar-refractivity contribution >= 4 is 11.9 Å². The van der Waals surface area contributed by atoms with Gasteiger partial charge in [-0.2, -0.15) is 0 Å². The summed E-state index contributed by atoms with van der Waals surface area (Å²) in [5, 5.41) is 25.2. The molecule has 41 heavy (non-hydrogen) atoms. The Morgan fingerprint density at radius 2 is 1.61 bits per heavy atom. The molecular formula is C31H63N9O. The van der Waals surface area contributed by atoms with Crippen molar-refractivity contribution in [1.82, 2.24) is 5.32 Å². The highest BCUT2D eigenvalue weighted by Crippen LogP contribution is 2.67. The van der Waals surface area contributed by atoms with Crippen molar-refractivity contribution < 1.29 is 5.11 Å². The Bertz CT molecular complexity index is 889. The van der Waals surface area contributed by atoms with Gasteiger partial charge in [-0.1, -0.05) is 65.5 Å². The summed E-state index contributed by atoms with van der Waals surface area (Å²) in [7, 11) is 0. The van der Waals surface area contributed by atoms with E-state index in [0.717, 1.165) is 48.3 Å². The summed E-state index contributed by atoms with van der Waals surface area (Å²) in [6, 6.07) is 0. The molecule has 4 aliphatic rings. The Morgan fingerprint density at radius 1 is 1.00 bits per heavy atom. The van der Waals surface area contributed by atoms with Crippen molar-refractivity contribution in [2.45, 2.75) is 117 Å². The molecule has 16 N–H and O–H groups in total. The molecule has 10 nitrogen and oxygen atoms in total. The molecule has 4 aliphatic carbocycles. The molecule has 0 heterocycles. The largest absolute Gasteiger partial charge is 0.393 e. The first-order valence-corrected chi connectivity index (χ1v) is 15.8. The second-order valence-electron chi connectivity index (χ2n) is 14.5. The third kappa shape index (κ3) is 9.38. The molecule has 3 fully saturated rings. The molecule has 0 saturated heterocycles. The van der Waals surface area contributed by atoms with Gasteiger partial charge in [-0.25, -0.2) is 0 Å². The van der Waals surface area contributed by atoms with Gasteiger partial charge < -0.3 is 39.5 Å². The molecule has 0 aliphatic heterocycles. The smallest absolute Gasteiger partial charge is 0.192 e. The quantitative estimate of drug-likeness (QED) is 0.0970. The predicted molar refractivity (Wildman–Crippen MR) is 170 cm³/mol. The second kappa shape index (κ2) is 14.6. The number of nitrogens with one attached hydrogen (secondary N) is 3. The van der Waals surface area contributed by atoms with Crippen molar-refractivity contribution in [3.05, 3.63) is 11.6 Å². The van der Waals surface area contributed by atoms with E-state index in [1.165, 1.54) is 57.8 Å². The third-order valence-corrected chi connectivity index (χ3v) is 10.9. The number of nitrogens with two attached hydrogens (primary N) is 6. The molecule has 0 amide bonds. The lowest BCUT2D eigenvalue weighted by Gasteiger charge is -2.58. The van der Waals surface area contributed by atoms with E-state index in [1.54, 1.807) is 5.57 Å². The minimum atomic E-state index is -1.18. The highest BCUT2D eigenvalue weighted by molar-refractivity contribution is 5.93. The lowest BCUT2D eigenvalue weighted by atomic mass is 9.47. The summed E-state index contributed by atoms with van der Waals surface area (Å²) in [5.74, 6) is 3.65. The fourth-order valence-corrected chi connectivity index (χ4v) is 8.81. The van der Waals surface area contributed by atoms with E-state index >= 15 is 0 Å². The van der Waals surface area contributed by atoms with Gasteiger partial charge in [0.25, 0.3) is 0 Å². The van der Waals surface area contributed by atoms with Gasteiger partial charge in [-0.15, -0.1) is 0 Å². The molecule has 3 saturated carbocycles. The average Bonchev–Trinajstić information content (AvgIpc) is 3.21. The minimum Gasteiger partial charge on any atom is -0.393 e. The molecule has 0 radical (unpaired) electrons. The van der Waals surface area contributed by atoms with Crippen LogP contribution in [0.25, 0.3) is 0 Å². The predicted octanol–water partition coefficient (Wildman–Crippen LogP) is 3.23. The number of hydrogen-bond acceptors (Lipinski definition) is 7. The second-order valence-corrected chi connectivity index (χ2v) is 14.5. The summed E-state index contributed by atoms with van der Waals surface area (Å²) >= 11 is 0. The number of aliphatic hydroxyl groups excluding tert-OH is 1. The number of guanidine groups is 2. The number of allylic oxidation sites excluding steroid dienone is 1. The first kappa shape index (κ1) is 35.5. The van der Waals surface area contributed by atoms with Crippen molar-refractivity contribution in [2.24, 2.45) is 80.7 Å². The van der Waals surface area contributed by atoms with Crippen LogP contribution >= 0.6 is 0 Å². The van der Waals surface area contributed by atoms with E-state index in [2.05, 4.69) is 40.7 Å². The third-order valence-electron chi connectivity index (χ3n) is 10.9. The monoisotopic (exact) mass is 578 g/mol. The average molecular weight is 578 g/mol. The zero-order valence-corrected chi connectivity index (χ0v) is 26.5. The summed E-state index contributed by atoms with van der Waals surface area (Å²) in [6.45, 7) is 12.7. The van der Waals surface area contributed by atoms with Crippen LogP contribution in [0.1, 0.15) is 105 Å². The van der Waals surface area contributed by atoms with Crippen LogP contribution in [0.2, 0.25) is 0 Å². The van der Waals surface area contributed by atoms with Crippen molar-refractivity contribution in [2.75, 3.05) is 6.54 Å². The SMILES string of the molecule is CC(C)CCCC(C)[C@H]1CC[C@H]2[C@@H]3CC=C4C[C@@H](O)CC[C@]4(C)[C@H]3CC[C@]12C.N=C(N)NC(=N)N.NCC(N)(N)N. The fourth-order valence-electron chi connectivity index (χ4n) is 8.81. The van der Waals surface area contributed by atoms with E-state index in [9.17, 15) is 5.11 Å². The van der Waals surface area contributed by atoms with Gasteiger partial charge in [-0.05, 0) is 97.7 Å². The van der Waals surface area contributed by atoms with Gasteiger partial charge in [0.15, 0.2) is 11.9 Å². The van der Waals surface area contributed by atoms with Gasteiger partial charge in [0.1, 0.15) is 5.79 Å². The van der Waals surface area contributed by atoms with Crippen molar-refractivity contribution in [3.8, 4) is 0 Å². The first-order chi connectivity index (χ1) is 18.9. The van der Waals surface area contributed by atoms with E-state index < -0.39 is 5.79 Å². The van der Waals surface area contributed by atoms with Crippen LogP contribution in [0.4, 0.5) is 0 Å². The summed E-state index contributed by atoms with van der Waals surface area (Å²) in [6.07, 6.45) is 17.2. The van der Waals surface area contributed by atoms with Crippen LogP contribution in [0.15, 0.2) is 11.6 Å². The zero-order valence-electron chi connectivity index (χ0n) is 26.5. The van der Waals surface area contributed by atoms with Crippen LogP contribution in [0, 0.1) is 57.2 Å². The number of hydrogen-bond donors (Lipinski definition) is 10. The standard InChI is InChI=1S/C27H46O.C2H7N5.C2H10N4/c1-18(2)7-6-8-19(3)23-11-12-24-22-10-9-20-17-21(28)13-15-26(20,4)25(22)14-16-27(23,24)5;3-1(4)7-2(5)6;3-1-2(4,5)6/h9,18-19,21-25,28H,6-8,10-17H2,1-5H3;(H7,3,4,5,6,7);1,3-6H2/t19?,21-,22-,23+,24-,25-,26-,27+;;/m0../s1. The minimum absolute atomic E-state index is 0.0766. The van der Waals surface area contributed by atoms with E-state index in [-0.39, 0.29) is 24.6 Å². The summed E-state index contributed by atoms with van der Waals surface area (Å²) in [5.41, 5.74) is 31.9. The topological polar surface area (TPSA) is 236 Å². The van der Waals surface area contributed by atoms with Gasteiger partial charge >= 0.3 is 0 Å². The zero-order chi connectivity index (χ0) is 31.2. The first-order valence-electron chi connectivity index (χ1n) is 15.8. The normalized spacial score (nSPS) is 34.8. The van der Waals surface area contributed by atoms with Crippen LogP contribution in [0.5, 0.6) is 0 Å². The van der Waals surface area contributed by atoms with Crippen molar-refractivity contribution in [1.29, 1.82) is 10.8 Å². The molecule has 0 aromatic carbocycles. The Hall–Kier alpha value is -1.72. The van der Waals surface area contributed by atoms with Gasteiger partial charge in [0.05, 0.1) is 6.10 Å². The number of fused-ring (bicyclic) bond motifs is 5. The van der Waals surface area contributed by atoms with Crippen LogP contribution in [0.3, 0.4) is 0 Å². The molecule has 1 unspecified atom stereocenters. The number of aliphatic hydroxyl groups is 1. The molecule has 0 aromatic heterocycles. The Morgan fingerprint density at radius 3 is 2.12 bits per heavy atom. The molecule has 4 rings (SSSR count).